The van der Waals surface area contributed by atoms with Crippen molar-refractivity contribution in [3.8, 4) is 0 Å². The molecule has 3 nitrogen and oxygen atoms in total. The van der Waals surface area contributed by atoms with Gasteiger partial charge in [0.1, 0.15) is 0 Å². The molecule has 1 atom stereocenters. The summed E-state index contributed by atoms with van der Waals surface area (Å²) in [5, 5.41) is 6.68. The Morgan fingerprint density at radius 3 is 3.12 bits per heavy atom. The molecule has 0 saturated carbocycles. The highest BCUT2D eigenvalue weighted by molar-refractivity contribution is 7.09. The minimum Gasteiger partial charge on any atom is -0.371 e. The van der Waals surface area contributed by atoms with Crippen LogP contribution in [0.2, 0.25) is 0 Å². The molecule has 0 bridgehead atoms. The SMILES string of the molecule is CC(C)c1nc(COC2CCCNC2)cs1. The monoisotopic (exact) mass is 240 g/mol. The molecule has 16 heavy (non-hydrogen) atoms. The summed E-state index contributed by atoms with van der Waals surface area (Å²) < 4.78 is 5.84. The number of piperidine rings is 1. The highest BCUT2D eigenvalue weighted by atomic mass is 32.1. The second-order valence-electron chi connectivity index (χ2n) is 4.61. The third-order valence-electron chi connectivity index (χ3n) is 2.78. The van der Waals surface area contributed by atoms with Crippen molar-refractivity contribution in [1.29, 1.82) is 0 Å². The summed E-state index contributed by atoms with van der Waals surface area (Å²) in [6, 6.07) is 0. The van der Waals surface area contributed by atoms with E-state index >= 15 is 0 Å². The van der Waals surface area contributed by atoms with Crippen molar-refractivity contribution in [3.05, 3.63) is 16.1 Å². The topological polar surface area (TPSA) is 34.1 Å². The average molecular weight is 240 g/mol. The second-order valence-corrected chi connectivity index (χ2v) is 5.50. The Labute approximate surface area is 101 Å². The van der Waals surface area contributed by atoms with Gasteiger partial charge in [-0.15, -0.1) is 11.3 Å². The molecule has 1 aromatic heterocycles. The zero-order valence-corrected chi connectivity index (χ0v) is 10.8. The number of nitrogens with zero attached hydrogens (tertiary/aromatic N) is 1. The van der Waals surface area contributed by atoms with Crippen molar-refractivity contribution < 1.29 is 4.74 Å². The smallest absolute Gasteiger partial charge is 0.0954 e. The van der Waals surface area contributed by atoms with Gasteiger partial charge in [-0.2, -0.15) is 0 Å². The molecule has 0 amide bonds. The first-order valence-electron chi connectivity index (χ1n) is 6.02. The number of hydrogen-bond donors (Lipinski definition) is 1. The molecule has 90 valence electrons. The predicted molar refractivity (Wildman–Crippen MR) is 66.9 cm³/mol. The predicted octanol–water partition coefficient (Wildman–Crippen LogP) is 2.54. The summed E-state index contributed by atoms with van der Waals surface area (Å²) >= 11 is 1.74. The standard InChI is InChI=1S/C12H20N2OS/c1-9(2)12-14-10(8-16-12)7-15-11-4-3-5-13-6-11/h8-9,11,13H,3-7H2,1-2H3. The molecule has 0 aliphatic carbocycles. The second kappa shape index (κ2) is 5.75. The summed E-state index contributed by atoms with van der Waals surface area (Å²) in [5.74, 6) is 0.523. The maximum absolute atomic E-state index is 5.84. The van der Waals surface area contributed by atoms with Crippen LogP contribution >= 0.6 is 11.3 Å². The zero-order chi connectivity index (χ0) is 11.4. The normalized spacial score (nSPS) is 21.6. The maximum atomic E-state index is 5.84. The molecule has 2 rings (SSSR count). The van der Waals surface area contributed by atoms with Crippen molar-refractivity contribution in [3.63, 3.8) is 0 Å². The van der Waals surface area contributed by atoms with Gasteiger partial charge in [0, 0.05) is 17.8 Å². The van der Waals surface area contributed by atoms with Crippen LogP contribution in [0.5, 0.6) is 0 Å². The van der Waals surface area contributed by atoms with Crippen molar-refractivity contribution in [2.24, 2.45) is 0 Å². The van der Waals surface area contributed by atoms with Crippen molar-refractivity contribution in [1.82, 2.24) is 10.3 Å². The van der Waals surface area contributed by atoms with Gasteiger partial charge in [-0.3, -0.25) is 0 Å². The highest BCUT2D eigenvalue weighted by Gasteiger charge is 2.14. The minimum absolute atomic E-state index is 0.373. The molecule has 1 fully saturated rings. The maximum Gasteiger partial charge on any atom is 0.0954 e. The van der Waals surface area contributed by atoms with Crippen LogP contribution in [0.25, 0.3) is 0 Å². The van der Waals surface area contributed by atoms with Crippen LogP contribution in [-0.4, -0.2) is 24.2 Å². The van der Waals surface area contributed by atoms with Gasteiger partial charge < -0.3 is 10.1 Å². The molecule has 1 aliphatic heterocycles. The van der Waals surface area contributed by atoms with Gasteiger partial charge in [0.15, 0.2) is 0 Å². The van der Waals surface area contributed by atoms with Crippen LogP contribution < -0.4 is 5.32 Å². The number of thiazole rings is 1. The largest absolute Gasteiger partial charge is 0.371 e. The summed E-state index contributed by atoms with van der Waals surface area (Å²) in [6.45, 7) is 7.13. The number of ether oxygens (including phenoxy) is 1. The lowest BCUT2D eigenvalue weighted by molar-refractivity contribution is 0.0238. The molecule has 0 radical (unpaired) electrons. The van der Waals surface area contributed by atoms with E-state index in [4.69, 9.17) is 4.74 Å². The van der Waals surface area contributed by atoms with Crippen LogP contribution in [0, 0.1) is 0 Å². The fraction of sp³-hybridized carbons (Fsp3) is 0.750. The Kier molecular flexibility index (Phi) is 4.32. The van der Waals surface area contributed by atoms with E-state index < -0.39 is 0 Å². The number of nitrogens with one attached hydrogen (secondary N) is 1. The summed E-state index contributed by atoms with van der Waals surface area (Å²) in [7, 11) is 0. The number of aromatic nitrogens is 1. The molecule has 0 spiro atoms. The quantitative estimate of drug-likeness (QED) is 0.878. The van der Waals surface area contributed by atoms with Gasteiger partial charge in [0.25, 0.3) is 0 Å². The third kappa shape index (κ3) is 3.27. The van der Waals surface area contributed by atoms with Crippen molar-refractivity contribution in [2.45, 2.75) is 45.3 Å². The van der Waals surface area contributed by atoms with Gasteiger partial charge in [-0.25, -0.2) is 4.98 Å². The van der Waals surface area contributed by atoms with E-state index in [9.17, 15) is 0 Å². The Balaban J connectivity index is 1.79. The van der Waals surface area contributed by atoms with Gasteiger partial charge in [0.05, 0.1) is 23.4 Å². The lowest BCUT2D eigenvalue weighted by atomic mass is 10.1. The third-order valence-corrected chi connectivity index (χ3v) is 3.98. The van der Waals surface area contributed by atoms with E-state index in [1.165, 1.54) is 17.8 Å². The van der Waals surface area contributed by atoms with Gasteiger partial charge in [-0.1, -0.05) is 13.8 Å². The lowest BCUT2D eigenvalue weighted by Gasteiger charge is -2.22. The zero-order valence-electron chi connectivity index (χ0n) is 10.0. The summed E-state index contributed by atoms with van der Waals surface area (Å²) in [6.07, 6.45) is 2.77. The van der Waals surface area contributed by atoms with Crippen LogP contribution in [0.15, 0.2) is 5.38 Å². The highest BCUT2D eigenvalue weighted by Crippen LogP contribution is 2.20. The average Bonchev–Trinajstić information content (AvgIpc) is 2.76. The summed E-state index contributed by atoms with van der Waals surface area (Å²) in [5.41, 5.74) is 1.08. The molecular formula is C12H20N2OS. The molecule has 1 unspecified atom stereocenters. The van der Waals surface area contributed by atoms with E-state index in [1.54, 1.807) is 11.3 Å². The van der Waals surface area contributed by atoms with E-state index in [0.29, 0.717) is 18.6 Å². The lowest BCUT2D eigenvalue weighted by Crippen LogP contribution is -2.35. The Hall–Kier alpha value is -0.450. The number of rotatable bonds is 4. The minimum atomic E-state index is 0.373. The van der Waals surface area contributed by atoms with E-state index in [-0.39, 0.29) is 0 Å². The first-order valence-corrected chi connectivity index (χ1v) is 6.90. The molecule has 2 heterocycles. The Morgan fingerprint density at radius 1 is 1.62 bits per heavy atom. The Morgan fingerprint density at radius 2 is 2.50 bits per heavy atom. The van der Waals surface area contributed by atoms with Crippen molar-refractivity contribution >= 4 is 11.3 Å². The van der Waals surface area contributed by atoms with Crippen LogP contribution in [-0.2, 0) is 11.3 Å². The van der Waals surface area contributed by atoms with Crippen LogP contribution in [0.1, 0.15) is 43.3 Å². The van der Waals surface area contributed by atoms with Gasteiger partial charge >= 0.3 is 0 Å². The first kappa shape index (κ1) is 12.0. The molecule has 1 aromatic rings. The first-order chi connectivity index (χ1) is 7.75. The molecule has 1 N–H and O–H groups in total. The van der Waals surface area contributed by atoms with Crippen LogP contribution in [0.3, 0.4) is 0 Å². The van der Waals surface area contributed by atoms with E-state index in [2.05, 4.69) is 29.5 Å². The van der Waals surface area contributed by atoms with E-state index in [0.717, 1.165) is 18.8 Å². The van der Waals surface area contributed by atoms with Gasteiger partial charge in [0.2, 0.25) is 0 Å². The van der Waals surface area contributed by atoms with E-state index in [1.807, 2.05) is 0 Å². The van der Waals surface area contributed by atoms with Crippen molar-refractivity contribution in [2.75, 3.05) is 13.1 Å². The van der Waals surface area contributed by atoms with Gasteiger partial charge in [-0.05, 0) is 19.4 Å². The molecule has 1 saturated heterocycles. The molecule has 4 heteroatoms. The molecule has 0 aromatic carbocycles. The fourth-order valence-electron chi connectivity index (χ4n) is 1.82. The molecule has 1 aliphatic rings. The fourth-order valence-corrected chi connectivity index (χ4v) is 2.64. The number of hydrogen-bond acceptors (Lipinski definition) is 4. The molecular weight excluding hydrogens is 220 g/mol. The Bertz CT molecular complexity index is 319. The van der Waals surface area contributed by atoms with Crippen LogP contribution in [0.4, 0.5) is 0 Å². The summed E-state index contributed by atoms with van der Waals surface area (Å²) in [4.78, 5) is 4.57.